The zero-order valence-corrected chi connectivity index (χ0v) is 11.3. The third-order valence-electron chi connectivity index (χ3n) is 2.66. The van der Waals surface area contributed by atoms with Crippen molar-refractivity contribution in [3.8, 4) is 0 Å². The molecule has 0 saturated carbocycles. The summed E-state index contributed by atoms with van der Waals surface area (Å²) in [6, 6.07) is 0.103. The van der Waals surface area contributed by atoms with Gasteiger partial charge in [-0.05, 0) is 19.8 Å². The van der Waals surface area contributed by atoms with E-state index < -0.39 is 0 Å². The summed E-state index contributed by atoms with van der Waals surface area (Å²) in [5, 5.41) is 6.13. The van der Waals surface area contributed by atoms with E-state index in [0.29, 0.717) is 19.8 Å². The summed E-state index contributed by atoms with van der Waals surface area (Å²) in [5.74, 6) is 0.0578. The predicted octanol–water partition coefficient (Wildman–Crippen LogP) is 1.47. The van der Waals surface area contributed by atoms with Crippen LogP contribution in [0.3, 0.4) is 0 Å². The standard InChI is InChI=1S/C13H26N2O2/c1-5-9-17-10-8-14-11(4)13(16)15-12(6-2)7-3/h5,11-12,14H,1,6-10H2,2-4H3,(H,15,16). The molecule has 0 aromatic carbocycles. The molecule has 2 N–H and O–H groups in total. The van der Waals surface area contributed by atoms with Crippen LogP contribution in [0.4, 0.5) is 0 Å². The van der Waals surface area contributed by atoms with Gasteiger partial charge in [0.1, 0.15) is 0 Å². The molecule has 1 amide bonds. The number of rotatable bonds is 10. The van der Waals surface area contributed by atoms with Gasteiger partial charge in [0.2, 0.25) is 5.91 Å². The Hall–Kier alpha value is -0.870. The van der Waals surface area contributed by atoms with Crippen LogP contribution in [0.2, 0.25) is 0 Å². The fourth-order valence-corrected chi connectivity index (χ4v) is 1.43. The summed E-state index contributed by atoms with van der Waals surface area (Å²) < 4.78 is 5.22. The third-order valence-corrected chi connectivity index (χ3v) is 2.66. The molecule has 0 saturated heterocycles. The van der Waals surface area contributed by atoms with Crippen LogP contribution in [-0.4, -0.2) is 37.7 Å². The Morgan fingerprint density at radius 1 is 1.41 bits per heavy atom. The summed E-state index contributed by atoms with van der Waals surface area (Å²) in [4.78, 5) is 11.8. The molecule has 0 bridgehead atoms. The molecule has 4 heteroatoms. The van der Waals surface area contributed by atoms with Gasteiger partial charge in [-0.15, -0.1) is 6.58 Å². The maximum atomic E-state index is 11.8. The highest BCUT2D eigenvalue weighted by Crippen LogP contribution is 1.96. The van der Waals surface area contributed by atoms with E-state index in [1.54, 1.807) is 6.08 Å². The molecule has 0 aliphatic rings. The van der Waals surface area contributed by atoms with Crippen molar-refractivity contribution in [2.75, 3.05) is 19.8 Å². The lowest BCUT2D eigenvalue weighted by Gasteiger charge is -2.19. The van der Waals surface area contributed by atoms with Crippen LogP contribution >= 0.6 is 0 Å². The van der Waals surface area contributed by atoms with E-state index in [9.17, 15) is 4.79 Å². The van der Waals surface area contributed by atoms with Crippen LogP contribution in [0.1, 0.15) is 33.6 Å². The molecule has 0 aromatic heterocycles. The Kier molecular flexibility index (Phi) is 9.77. The number of amides is 1. The van der Waals surface area contributed by atoms with Crippen molar-refractivity contribution in [3.63, 3.8) is 0 Å². The minimum atomic E-state index is -0.178. The average Bonchev–Trinajstić information content (AvgIpc) is 2.35. The van der Waals surface area contributed by atoms with E-state index >= 15 is 0 Å². The van der Waals surface area contributed by atoms with Gasteiger partial charge in [-0.2, -0.15) is 0 Å². The highest BCUT2D eigenvalue weighted by Gasteiger charge is 2.14. The zero-order valence-electron chi connectivity index (χ0n) is 11.3. The predicted molar refractivity (Wildman–Crippen MR) is 71.0 cm³/mol. The molecule has 0 aliphatic carbocycles. The van der Waals surface area contributed by atoms with E-state index in [2.05, 4.69) is 31.1 Å². The van der Waals surface area contributed by atoms with E-state index in [1.807, 2.05) is 6.92 Å². The van der Waals surface area contributed by atoms with E-state index in [0.717, 1.165) is 12.8 Å². The Labute approximate surface area is 105 Å². The molecule has 0 aliphatic heterocycles. The molecule has 1 unspecified atom stereocenters. The first kappa shape index (κ1) is 16.1. The lowest BCUT2D eigenvalue weighted by molar-refractivity contribution is -0.123. The van der Waals surface area contributed by atoms with Gasteiger partial charge in [-0.25, -0.2) is 0 Å². The Morgan fingerprint density at radius 2 is 2.06 bits per heavy atom. The molecule has 4 nitrogen and oxygen atoms in total. The quantitative estimate of drug-likeness (QED) is 0.450. The van der Waals surface area contributed by atoms with Crippen molar-refractivity contribution in [1.82, 2.24) is 10.6 Å². The fraction of sp³-hybridized carbons (Fsp3) is 0.769. The fourth-order valence-electron chi connectivity index (χ4n) is 1.43. The first-order valence-electron chi connectivity index (χ1n) is 6.38. The summed E-state index contributed by atoms with van der Waals surface area (Å²) in [6.45, 7) is 11.4. The van der Waals surface area contributed by atoms with E-state index in [1.165, 1.54) is 0 Å². The first-order chi connectivity index (χ1) is 8.15. The van der Waals surface area contributed by atoms with Crippen LogP contribution in [0.15, 0.2) is 12.7 Å². The van der Waals surface area contributed by atoms with Crippen molar-refractivity contribution in [1.29, 1.82) is 0 Å². The summed E-state index contributed by atoms with van der Waals surface area (Å²) in [7, 11) is 0. The van der Waals surface area contributed by atoms with Crippen molar-refractivity contribution >= 4 is 5.91 Å². The van der Waals surface area contributed by atoms with Gasteiger partial charge in [-0.1, -0.05) is 19.9 Å². The maximum absolute atomic E-state index is 11.8. The number of carbonyl (C=O) groups is 1. The van der Waals surface area contributed by atoms with E-state index in [-0.39, 0.29) is 18.0 Å². The van der Waals surface area contributed by atoms with Crippen molar-refractivity contribution in [2.24, 2.45) is 0 Å². The molecule has 17 heavy (non-hydrogen) atoms. The molecule has 100 valence electrons. The molecule has 0 fully saturated rings. The number of nitrogens with one attached hydrogen (secondary N) is 2. The smallest absolute Gasteiger partial charge is 0.237 e. The highest BCUT2D eigenvalue weighted by atomic mass is 16.5. The average molecular weight is 242 g/mol. The van der Waals surface area contributed by atoms with Gasteiger partial charge in [0.25, 0.3) is 0 Å². The molecular weight excluding hydrogens is 216 g/mol. The zero-order chi connectivity index (χ0) is 13.1. The second-order valence-corrected chi connectivity index (χ2v) is 4.06. The topological polar surface area (TPSA) is 50.4 Å². The largest absolute Gasteiger partial charge is 0.376 e. The van der Waals surface area contributed by atoms with Gasteiger partial charge < -0.3 is 15.4 Å². The van der Waals surface area contributed by atoms with Crippen LogP contribution < -0.4 is 10.6 Å². The maximum Gasteiger partial charge on any atom is 0.237 e. The molecule has 1 atom stereocenters. The minimum Gasteiger partial charge on any atom is -0.376 e. The lowest BCUT2D eigenvalue weighted by Crippen LogP contribution is -2.46. The van der Waals surface area contributed by atoms with Gasteiger partial charge in [0.05, 0.1) is 19.3 Å². The SMILES string of the molecule is C=CCOCCNC(C)C(=O)NC(CC)CC. The van der Waals surface area contributed by atoms with Crippen LogP contribution in [-0.2, 0) is 9.53 Å². The molecule has 0 rings (SSSR count). The first-order valence-corrected chi connectivity index (χ1v) is 6.38. The van der Waals surface area contributed by atoms with Crippen LogP contribution in [0.5, 0.6) is 0 Å². The summed E-state index contributed by atoms with van der Waals surface area (Å²) in [6.07, 6.45) is 3.65. The second-order valence-electron chi connectivity index (χ2n) is 4.06. The minimum absolute atomic E-state index is 0.0578. The van der Waals surface area contributed by atoms with Gasteiger partial charge in [-0.3, -0.25) is 4.79 Å². The van der Waals surface area contributed by atoms with Gasteiger partial charge >= 0.3 is 0 Å². The van der Waals surface area contributed by atoms with Crippen LogP contribution in [0.25, 0.3) is 0 Å². The summed E-state index contributed by atoms with van der Waals surface area (Å²) in [5.41, 5.74) is 0. The molecule has 0 heterocycles. The van der Waals surface area contributed by atoms with Crippen molar-refractivity contribution in [2.45, 2.75) is 45.7 Å². The Bertz CT molecular complexity index is 215. The lowest BCUT2D eigenvalue weighted by atomic mass is 10.1. The molecule has 0 aromatic rings. The van der Waals surface area contributed by atoms with Crippen LogP contribution in [0, 0.1) is 0 Å². The monoisotopic (exact) mass is 242 g/mol. The number of carbonyl (C=O) groups excluding carboxylic acids is 1. The molecular formula is C13H26N2O2. The number of hydrogen-bond acceptors (Lipinski definition) is 3. The second kappa shape index (κ2) is 10.3. The van der Waals surface area contributed by atoms with E-state index in [4.69, 9.17) is 4.74 Å². The Morgan fingerprint density at radius 3 is 2.59 bits per heavy atom. The normalized spacial score (nSPS) is 12.5. The number of ether oxygens (including phenoxy) is 1. The molecule has 0 radical (unpaired) electrons. The number of hydrogen-bond donors (Lipinski definition) is 2. The molecule has 0 spiro atoms. The van der Waals surface area contributed by atoms with Crippen molar-refractivity contribution in [3.05, 3.63) is 12.7 Å². The summed E-state index contributed by atoms with van der Waals surface area (Å²) >= 11 is 0. The Balaban J connectivity index is 3.70. The van der Waals surface area contributed by atoms with Gasteiger partial charge in [0, 0.05) is 12.6 Å². The van der Waals surface area contributed by atoms with Gasteiger partial charge in [0.15, 0.2) is 0 Å². The van der Waals surface area contributed by atoms with Crippen molar-refractivity contribution < 1.29 is 9.53 Å². The highest BCUT2D eigenvalue weighted by molar-refractivity contribution is 5.81. The third kappa shape index (κ3) is 7.94.